The number of ketones is 1. The van der Waals surface area contributed by atoms with Gasteiger partial charge in [0.1, 0.15) is 11.6 Å². The zero-order chi connectivity index (χ0) is 28.1. The molecule has 1 N–H and O–H groups in total. The van der Waals surface area contributed by atoms with Crippen LogP contribution in [0.25, 0.3) is 0 Å². The largest absolute Gasteiger partial charge is 0.467 e. The molecule has 204 valence electrons. The molecule has 1 aliphatic rings. The van der Waals surface area contributed by atoms with E-state index in [0.29, 0.717) is 17.7 Å². The molecule has 0 bridgehead atoms. The summed E-state index contributed by atoms with van der Waals surface area (Å²) in [6.07, 6.45) is -2.59. The van der Waals surface area contributed by atoms with Crippen LogP contribution in [0.2, 0.25) is 0 Å². The van der Waals surface area contributed by atoms with Gasteiger partial charge in [0.25, 0.3) is 0 Å². The number of benzene rings is 1. The van der Waals surface area contributed by atoms with Crippen LogP contribution in [0.3, 0.4) is 0 Å². The standard InChI is InChI=1S/C27H35F3N2O5/c1-8-18-12-13-20(27(28,29)30)22(23(33)16(18)2)32(6)19-11-9-10-17(14-19)15-21(24(34)36-7)31-25(35)37-26(3,4)5/h9-14,16,18,21H,8,15H2,1-7H3,(H,31,35)/t16?,18?,21-/m0/s1. The Morgan fingerprint density at radius 2 is 1.84 bits per heavy atom. The smallest absolute Gasteiger partial charge is 0.418 e. The number of esters is 1. The van der Waals surface area contributed by atoms with Crippen LogP contribution in [0, 0.1) is 11.8 Å². The normalized spacial score (nSPS) is 19.2. The summed E-state index contributed by atoms with van der Waals surface area (Å²) in [5.74, 6) is -2.27. The number of nitrogens with one attached hydrogen (secondary N) is 1. The van der Waals surface area contributed by atoms with Crippen molar-refractivity contribution in [2.75, 3.05) is 19.1 Å². The van der Waals surface area contributed by atoms with E-state index >= 15 is 0 Å². The van der Waals surface area contributed by atoms with Crippen molar-refractivity contribution in [3.63, 3.8) is 0 Å². The Hall–Kier alpha value is -3.30. The molecule has 0 saturated heterocycles. The molecule has 2 unspecified atom stereocenters. The molecule has 0 saturated carbocycles. The van der Waals surface area contributed by atoms with E-state index in [-0.39, 0.29) is 12.3 Å². The fraction of sp³-hybridized carbons (Fsp3) is 0.519. The van der Waals surface area contributed by atoms with Crippen molar-refractivity contribution in [2.45, 2.75) is 65.3 Å². The van der Waals surface area contributed by atoms with E-state index in [2.05, 4.69) is 5.32 Å². The van der Waals surface area contributed by atoms with Crippen molar-refractivity contribution >= 4 is 23.5 Å². The summed E-state index contributed by atoms with van der Waals surface area (Å²) in [4.78, 5) is 39.0. The third-order valence-corrected chi connectivity index (χ3v) is 6.08. The fourth-order valence-electron chi connectivity index (χ4n) is 4.11. The lowest BCUT2D eigenvalue weighted by molar-refractivity contribution is -0.143. The van der Waals surface area contributed by atoms with Gasteiger partial charge in [-0.15, -0.1) is 0 Å². The molecule has 1 aliphatic carbocycles. The summed E-state index contributed by atoms with van der Waals surface area (Å²) in [6, 6.07) is 5.30. The Labute approximate surface area is 215 Å². The zero-order valence-electron chi connectivity index (χ0n) is 22.2. The predicted octanol–water partition coefficient (Wildman–Crippen LogP) is 5.35. The lowest BCUT2D eigenvalue weighted by Gasteiger charge is -2.27. The second-order valence-corrected chi connectivity index (χ2v) is 10.00. The molecule has 0 aliphatic heterocycles. The lowest BCUT2D eigenvalue weighted by atomic mass is 9.88. The van der Waals surface area contributed by atoms with Gasteiger partial charge in [-0.05, 0) is 50.8 Å². The van der Waals surface area contributed by atoms with Gasteiger partial charge in [0.15, 0.2) is 5.78 Å². The molecule has 3 atom stereocenters. The van der Waals surface area contributed by atoms with Gasteiger partial charge in [0.2, 0.25) is 0 Å². The SMILES string of the molecule is CCC1C=CC(C(F)(F)F)=C(N(C)c2cccc(C[C@H](NC(=O)OC(C)(C)C)C(=O)OC)c2)C(=O)C1C. The van der Waals surface area contributed by atoms with Gasteiger partial charge in [0, 0.05) is 25.1 Å². The van der Waals surface area contributed by atoms with E-state index < -0.39 is 52.9 Å². The first-order valence-electron chi connectivity index (χ1n) is 12.0. The Balaban J connectivity index is 2.43. The number of carbonyl (C=O) groups excluding carboxylic acids is 3. The van der Waals surface area contributed by atoms with Crippen LogP contribution in [-0.2, 0) is 25.5 Å². The van der Waals surface area contributed by atoms with Crippen molar-refractivity contribution in [1.82, 2.24) is 5.32 Å². The Kier molecular flexibility index (Phi) is 9.57. The number of likely N-dealkylation sites (N-methyl/N-ethyl adjacent to an activating group) is 1. The Bertz CT molecular complexity index is 1070. The number of allylic oxidation sites excluding steroid dienone is 4. The highest BCUT2D eigenvalue weighted by molar-refractivity contribution is 6.02. The van der Waals surface area contributed by atoms with Gasteiger partial charge in [-0.3, -0.25) is 4.79 Å². The number of carbonyl (C=O) groups is 3. The fourth-order valence-corrected chi connectivity index (χ4v) is 4.11. The Morgan fingerprint density at radius 3 is 2.38 bits per heavy atom. The number of rotatable bonds is 7. The van der Waals surface area contributed by atoms with Crippen LogP contribution in [0.15, 0.2) is 47.7 Å². The Morgan fingerprint density at radius 1 is 1.19 bits per heavy atom. The zero-order valence-corrected chi connectivity index (χ0v) is 22.2. The predicted molar refractivity (Wildman–Crippen MR) is 134 cm³/mol. The first kappa shape index (κ1) is 29.9. The second-order valence-electron chi connectivity index (χ2n) is 10.00. The minimum absolute atomic E-state index is 0.0130. The number of methoxy groups -OCH3 is 1. The molecule has 1 amide bonds. The van der Waals surface area contributed by atoms with Gasteiger partial charge < -0.3 is 19.7 Å². The van der Waals surface area contributed by atoms with Crippen molar-refractivity contribution < 1.29 is 37.0 Å². The molecule has 0 spiro atoms. The molecule has 0 radical (unpaired) electrons. The van der Waals surface area contributed by atoms with Crippen LogP contribution in [0.4, 0.5) is 23.7 Å². The summed E-state index contributed by atoms with van der Waals surface area (Å²) >= 11 is 0. The first-order valence-corrected chi connectivity index (χ1v) is 12.0. The number of anilines is 1. The van der Waals surface area contributed by atoms with E-state index in [4.69, 9.17) is 9.47 Å². The molecular formula is C27H35F3N2O5. The lowest BCUT2D eigenvalue weighted by Crippen LogP contribution is -2.45. The number of nitrogens with zero attached hydrogens (tertiary/aromatic N) is 1. The number of ether oxygens (including phenoxy) is 2. The topological polar surface area (TPSA) is 84.9 Å². The van der Waals surface area contributed by atoms with E-state index in [1.807, 2.05) is 6.92 Å². The van der Waals surface area contributed by atoms with Gasteiger partial charge >= 0.3 is 18.2 Å². The summed E-state index contributed by atoms with van der Waals surface area (Å²) in [5.41, 5.74) is -1.39. The van der Waals surface area contributed by atoms with Gasteiger partial charge in [-0.25, -0.2) is 9.59 Å². The average Bonchev–Trinajstić information content (AvgIpc) is 2.92. The number of alkyl carbamates (subject to hydrolysis) is 1. The molecule has 0 aromatic heterocycles. The maximum atomic E-state index is 14.0. The van der Waals surface area contributed by atoms with Crippen LogP contribution < -0.4 is 10.2 Å². The summed E-state index contributed by atoms with van der Waals surface area (Å²) in [6.45, 7) is 8.49. The summed E-state index contributed by atoms with van der Waals surface area (Å²) in [7, 11) is 2.58. The van der Waals surface area contributed by atoms with Crippen molar-refractivity contribution in [3.05, 3.63) is 53.3 Å². The third kappa shape index (κ3) is 7.84. The monoisotopic (exact) mass is 524 g/mol. The maximum absolute atomic E-state index is 14.0. The van der Waals surface area contributed by atoms with Crippen LogP contribution in [0.5, 0.6) is 0 Å². The minimum atomic E-state index is -4.73. The maximum Gasteiger partial charge on any atom is 0.418 e. The van der Waals surface area contributed by atoms with Crippen LogP contribution in [0.1, 0.15) is 46.6 Å². The minimum Gasteiger partial charge on any atom is -0.467 e. The summed E-state index contributed by atoms with van der Waals surface area (Å²) < 4.78 is 52.0. The van der Waals surface area contributed by atoms with Gasteiger partial charge in [-0.1, -0.05) is 38.1 Å². The van der Waals surface area contributed by atoms with Gasteiger partial charge in [0.05, 0.1) is 18.4 Å². The van der Waals surface area contributed by atoms with Crippen molar-refractivity contribution in [3.8, 4) is 0 Å². The molecule has 0 heterocycles. The molecule has 1 aromatic carbocycles. The number of alkyl halides is 3. The number of hydrogen-bond donors (Lipinski definition) is 1. The first-order chi connectivity index (χ1) is 17.1. The van der Waals surface area contributed by atoms with Crippen LogP contribution in [-0.4, -0.2) is 49.8 Å². The average molecular weight is 525 g/mol. The highest BCUT2D eigenvalue weighted by Gasteiger charge is 2.41. The van der Waals surface area contributed by atoms with Crippen molar-refractivity contribution in [2.24, 2.45) is 11.8 Å². The van der Waals surface area contributed by atoms with E-state index in [1.165, 1.54) is 25.1 Å². The van der Waals surface area contributed by atoms with Crippen LogP contribution >= 0.6 is 0 Å². The van der Waals surface area contributed by atoms with E-state index in [1.54, 1.807) is 52.0 Å². The highest BCUT2D eigenvalue weighted by atomic mass is 19.4. The number of Topliss-reactive ketones (excluding diaryl/α,β-unsaturated/α-hetero) is 1. The molecule has 37 heavy (non-hydrogen) atoms. The van der Waals surface area contributed by atoms with E-state index in [9.17, 15) is 27.6 Å². The third-order valence-electron chi connectivity index (χ3n) is 6.08. The molecule has 1 aromatic rings. The molecular weight excluding hydrogens is 489 g/mol. The number of halogens is 3. The molecule has 7 nitrogen and oxygen atoms in total. The van der Waals surface area contributed by atoms with Gasteiger partial charge in [-0.2, -0.15) is 13.2 Å². The molecule has 0 fully saturated rings. The van der Waals surface area contributed by atoms with E-state index in [0.717, 1.165) is 6.08 Å². The number of amides is 1. The van der Waals surface area contributed by atoms with Crippen molar-refractivity contribution in [1.29, 1.82) is 0 Å². The highest BCUT2D eigenvalue weighted by Crippen LogP contribution is 2.38. The molecule has 2 rings (SSSR count). The quantitative estimate of drug-likeness (QED) is 0.484. The second kappa shape index (κ2) is 11.8. The molecule has 10 heteroatoms. The summed E-state index contributed by atoms with van der Waals surface area (Å²) in [5, 5.41) is 2.47. The number of hydrogen-bond acceptors (Lipinski definition) is 6.